The predicted molar refractivity (Wildman–Crippen MR) is 80.4 cm³/mol. The molecule has 1 fully saturated rings. The third kappa shape index (κ3) is 3.92. The molecular weight excluding hydrogens is 296 g/mol. The van der Waals surface area contributed by atoms with Crippen LogP contribution in [-0.2, 0) is 9.53 Å². The molecule has 0 aliphatic carbocycles. The van der Waals surface area contributed by atoms with Crippen molar-refractivity contribution >= 4 is 23.2 Å². The third-order valence-corrected chi connectivity index (χ3v) is 3.56. The quantitative estimate of drug-likeness (QED) is 0.895. The molecule has 1 aliphatic heterocycles. The molecule has 1 aromatic rings. The maximum absolute atomic E-state index is 12.1. The Hall–Kier alpha value is -1.66. The van der Waals surface area contributed by atoms with Crippen molar-refractivity contribution in [3.8, 4) is 11.5 Å². The number of nitrogens with zero attached hydrogens (tertiary/aromatic N) is 1. The van der Waals surface area contributed by atoms with Crippen molar-refractivity contribution in [3.05, 3.63) is 17.2 Å². The SMILES string of the molecule is COc1cc(NCC(=O)N2CCOCC2)c(OC)cc1Cl. The summed E-state index contributed by atoms with van der Waals surface area (Å²) in [6.45, 7) is 2.61. The molecule has 1 aliphatic rings. The van der Waals surface area contributed by atoms with E-state index >= 15 is 0 Å². The summed E-state index contributed by atoms with van der Waals surface area (Å²) in [4.78, 5) is 13.9. The van der Waals surface area contributed by atoms with Gasteiger partial charge < -0.3 is 24.4 Å². The minimum absolute atomic E-state index is 0.0225. The lowest BCUT2D eigenvalue weighted by atomic mass is 10.2. The van der Waals surface area contributed by atoms with Crippen LogP contribution in [0.15, 0.2) is 12.1 Å². The molecule has 6 nitrogen and oxygen atoms in total. The van der Waals surface area contributed by atoms with Crippen molar-refractivity contribution in [1.29, 1.82) is 0 Å². The summed E-state index contributed by atoms with van der Waals surface area (Å²) in [5.41, 5.74) is 0.667. The lowest BCUT2D eigenvalue weighted by Gasteiger charge is -2.27. The second kappa shape index (κ2) is 7.38. The van der Waals surface area contributed by atoms with Gasteiger partial charge in [-0.25, -0.2) is 0 Å². The van der Waals surface area contributed by atoms with Gasteiger partial charge in [0.1, 0.15) is 11.5 Å². The number of halogens is 1. The lowest BCUT2D eigenvalue weighted by Crippen LogP contribution is -2.43. The van der Waals surface area contributed by atoms with E-state index in [4.69, 9.17) is 25.8 Å². The molecule has 0 radical (unpaired) electrons. The van der Waals surface area contributed by atoms with Gasteiger partial charge in [0.05, 0.1) is 44.7 Å². The van der Waals surface area contributed by atoms with Gasteiger partial charge in [-0.1, -0.05) is 11.6 Å². The summed E-state index contributed by atoms with van der Waals surface area (Å²) < 4.78 is 15.7. The van der Waals surface area contributed by atoms with Crippen LogP contribution in [0, 0.1) is 0 Å². The van der Waals surface area contributed by atoms with Crippen LogP contribution in [0.25, 0.3) is 0 Å². The normalized spacial score (nSPS) is 14.7. The van der Waals surface area contributed by atoms with Crippen molar-refractivity contribution < 1.29 is 19.0 Å². The second-order valence-electron chi connectivity index (χ2n) is 4.53. The van der Waals surface area contributed by atoms with Crippen LogP contribution in [-0.4, -0.2) is 57.9 Å². The zero-order valence-electron chi connectivity index (χ0n) is 12.1. The zero-order valence-corrected chi connectivity index (χ0v) is 12.9. The number of hydrogen-bond acceptors (Lipinski definition) is 5. The molecule has 0 atom stereocenters. The maximum Gasteiger partial charge on any atom is 0.242 e. The Labute approximate surface area is 128 Å². The maximum atomic E-state index is 12.1. The molecule has 1 heterocycles. The van der Waals surface area contributed by atoms with Gasteiger partial charge in [0, 0.05) is 25.2 Å². The number of benzene rings is 1. The van der Waals surface area contributed by atoms with Gasteiger partial charge in [-0.15, -0.1) is 0 Å². The molecule has 0 saturated carbocycles. The molecule has 7 heteroatoms. The van der Waals surface area contributed by atoms with Crippen molar-refractivity contribution in [2.75, 3.05) is 52.4 Å². The topological polar surface area (TPSA) is 60.0 Å². The average molecular weight is 315 g/mol. The van der Waals surface area contributed by atoms with Crippen LogP contribution in [0.5, 0.6) is 11.5 Å². The highest BCUT2D eigenvalue weighted by atomic mass is 35.5. The van der Waals surface area contributed by atoms with Gasteiger partial charge in [0.2, 0.25) is 5.91 Å². The molecule has 1 amide bonds. The Balaban J connectivity index is 2.03. The molecule has 1 N–H and O–H groups in total. The van der Waals surface area contributed by atoms with Crippen molar-refractivity contribution in [1.82, 2.24) is 4.90 Å². The highest BCUT2D eigenvalue weighted by Crippen LogP contribution is 2.35. The molecule has 21 heavy (non-hydrogen) atoms. The Bertz CT molecular complexity index is 504. The molecule has 0 unspecified atom stereocenters. The number of carbonyl (C=O) groups is 1. The van der Waals surface area contributed by atoms with E-state index in [0.717, 1.165) is 0 Å². The summed E-state index contributed by atoms with van der Waals surface area (Å²) in [6.07, 6.45) is 0. The summed E-state index contributed by atoms with van der Waals surface area (Å²) in [5.74, 6) is 1.11. The molecule has 2 rings (SSSR count). The Morgan fingerprint density at radius 1 is 1.29 bits per heavy atom. The number of methoxy groups -OCH3 is 2. The number of hydrogen-bond donors (Lipinski definition) is 1. The van der Waals surface area contributed by atoms with E-state index in [0.29, 0.717) is 48.5 Å². The number of nitrogens with one attached hydrogen (secondary N) is 1. The number of anilines is 1. The fourth-order valence-electron chi connectivity index (χ4n) is 2.09. The molecule has 0 spiro atoms. The monoisotopic (exact) mass is 314 g/mol. The highest BCUT2D eigenvalue weighted by Gasteiger charge is 2.17. The summed E-state index contributed by atoms with van der Waals surface area (Å²) in [6, 6.07) is 3.37. The third-order valence-electron chi connectivity index (χ3n) is 3.27. The van der Waals surface area contributed by atoms with Crippen molar-refractivity contribution in [2.45, 2.75) is 0 Å². The van der Waals surface area contributed by atoms with Gasteiger partial charge in [0.25, 0.3) is 0 Å². The van der Waals surface area contributed by atoms with Crippen LogP contribution in [0.3, 0.4) is 0 Å². The predicted octanol–water partition coefficient (Wildman–Crippen LogP) is 1.63. The first kappa shape index (κ1) is 15.7. The van der Waals surface area contributed by atoms with E-state index in [1.807, 2.05) is 0 Å². The first-order valence-electron chi connectivity index (χ1n) is 6.66. The molecule has 1 saturated heterocycles. The number of carbonyl (C=O) groups excluding carboxylic acids is 1. The number of rotatable bonds is 5. The summed E-state index contributed by atoms with van der Waals surface area (Å²) in [5, 5.41) is 3.53. The molecule has 1 aromatic carbocycles. The summed E-state index contributed by atoms with van der Waals surface area (Å²) >= 11 is 6.04. The fraction of sp³-hybridized carbons (Fsp3) is 0.500. The van der Waals surface area contributed by atoms with E-state index in [1.54, 1.807) is 24.1 Å². The lowest BCUT2D eigenvalue weighted by molar-refractivity contribution is -0.133. The van der Waals surface area contributed by atoms with E-state index in [-0.39, 0.29) is 12.5 Å². The minimum Gasteiger partial charge on any atom is -0.495 e. The fourth-order valence-corrected chi connectivity index (χ4v) is 2.32. The Morgan fingerprint density at radius 3 is 2.57 bits per heavy atom. The van der Waals surface area contributed by atoms with Crippen LogP contribution < -0.4 is 14.8 Å². The number of ether oxygens (including phenoxy) is 3. The molecule has 0 aromatic heterocycles. The van der Waals surface area contributed by atoms with E-state index in [2.05, 4.69) is 5.32 Å². The van der Waals surface area contributed by atoms with Gasteiger partial charge >= 0.3 is 0 Å². The van der Waals surface area contributed by atoms with Gasteiger partial charge in [-0.2, -0.15) is 0 Å². The largest absolute Gasteiger partial charge is 0.495 e. The second-order valence-corrected chi connectivity index (χ2v) is 4.94. The van der Waals surface area contributed by atoms with Crippen LogP contribution in [0.2, 0.25) is 5.02 Å². The molecule has 116 valence electrons. The number of amides is 1. The van der Waals surface area contributed by atoms with E-state index in [9.17, 15) is 4.79 Å². The van der Waals surface area contributed by atoms with E-state index in [1.165, 1.54) is 7.11 Å². The highest BCUT2D eigenvalue weighted by molar-refractivity contribution is 6.32. The molecule has 0 bridgehead atoms. The first-order valence-corrected chi connectivity index (χ1v) is 7.04. The minimum atomic E-state index is 0.0225. The van der Waals surface area contributed by atoms with Crippen molar-refractivity contribution in [2.24, 2.45) is 0 Å². The van der Waals surface area contributed by atoms with Gasteiger partial charge in [0.15, 0.2) is 0 Å². The first-order chi connectivity index (χ1) is 10.2. The van der Waals surface area contributed by atoms with Crippen LogP contribution >= 0.6 is 11.6 Å². The van der Waals surface area contributed by atoms with Crippen molar-refractivity contribution in [3.63, 3.8) is 0 Å². The summed E-state index contributed by atoms with van der Waals surface area (Å²) in [7, 11) is 3.09. The average Bonchev–Trinajstić information content (AvgIpc) is 2.53. The standard InChI is InChI=1S/C14H19ClN2O4/c1-19-12-8-11(13(20-2)7-10(12)15)16-9-14(18)17-3-5-21-6-4-17/h7-8,16H,3-6,9H2,1-2H3. The number of morpholine rings is 1. The van der Waals surface area contributed by atoms with Gasteiger partial charge in [-0.3, -0.25) is 4.79 Å². The van der Waals surface area contributed by atoms with Gasteiger partial charge in [-0.05, 0) is 0 Å². The van der Waals surface area contributed by atoms with Crippen LogP contribution in [0.1, 0.15) is 0 Å². The smallest absolute Gasteiger partial charge is 0.242 e. The van der Waals surface area contributed by atoms with E-state index < -0.39 is 0 Å². The Morgan fingerprint density at radius 2 is 1.95 bits per heavy atom. The Kier molecular flexibility index (Phi) is 5.52. The molecular formula is C14H19ClN2O4. The zero-order chi connectivity index (χ0) is 15.2. The van der Waals surface area contributed by atoms with Crippen LogP contribution in [0.4, 0.5) is 5.69 Å².